The number of nitrogens with zero attached hydrogens (tertiary/aromatic N) is 2. The zero-order chi connectivity index (χ0) is 16.5. The van der Waals surface area contributed by atoms with Gasteiger partial charge in [0.25, 0.3) is 0 Å². The summed E-state index contributed by atoms with van der Waals surface area (Å²) in [5, 5.41) is 3.18. The van der Waals surface area contributed by atoms with E-state index in [-0.39, 0.29) is 0 Å². The minimum atomic E-state index is 0.307. The molecule has 0 bridgehead atoms. The van der Waals surface area contributed by atoms with Gasteiger partial charge in [-0.3, -0.25) is 0 Å². The molecule has 2 aromatic carbocycles. The Morgan fingerprint density at radius 2 is 1.83 bits per heavy atom. The second-order valence-electron chi connectivity index (χ2n) is 5.27. The standard InChI is InChI=1S/C17H16N4O3/c1-22-10-8-13(15-14(9-10)23-6-7-24-15)21-17-16(18)19-11-4-2-3-5-12(11)20-17/h2-5,8-9H,6-7H2,1H3,(H2,18,19)(H,20,21). The fraction of sp³-hybridized carbons (Fsp3) is 0.176. The van der Waals surface area contributed by atoms with Gasteiger partial charge in [0.05, 0.1) is 23.8 Å². The van der Waals surface area contributed by atoms with Crippen LogP contribution in [-0.4, -0.2) is 30.3 Å². The van der Waals surface area contributed by atoms with Gasteiger partial charge in [0, 0.05) is 12.1 Å². The van der Waals surface area contributed by atoms with E-state index < -0.39 is 0 Å². The van der Waals surface area contributed by atoms with Gasteiger partial charge >= 0.3 is 0 Å². The van der Waals surface area contributed by atoms with E-state index in [1.54, 1.807) is 13.2 Å². The maximum atomic E-state index is 6.04. The highest BCUT2D eigenvalue weighted by Gasteiger charge is 2.19. The first kappa shape index (κ1) is 14.4. The molecule has 4 rings (SSSR count). The van der Waals surface area contributed by atoms with E-state index in [0.717, 1.165) is 11.0 Å². The van der Waals surface area contributed by atoms with Crippen LogP contribution in [0.1, 0.15) is 0 Å². The summed E-state index contributed by atoms with van der Waals surface area (Å²) in [4.78, 5) is 8.91. The molecule has 0 spiro atoms. The van der Waals surface area contributed by atoms with Gasteiger partial charge in [-0.05, 0) is 12.1 Å². The summed E-state index contributed by atoms with van der Waals surface area (Å²) in [5.74, 6) is 2.64. The van der Waals surface area contributed by atoms with Crippen molar-refractivity contribution in [1.29, 1.82) is 0 Å². The summed E-state index contributed by atoms with van der Waals surface area (Å²) in [5.41, 5.74) is 8.20. The van der Waals surface area contributed by atoms with E-state index >= 15 is 0 Å². The molecule has 2 heterocycles. The molecule has 0 amide bonds. The van der Waals surface area contributed by atoms with Gasteiger partial charge < -0.3 is 25.3 Å². The number of fused-ring (bicyclic) bond motifs is 2. The fourth-order valence-electron chi connectivity index (χ4n) is 2.57. The second kappa shape index (κ2) is 5.77. The van der Waals surface area contributed by atoms with Crippen LogP contribution in [0.5, 0.6) is 17.2 Å². The largest absolute Gasteiger partial charge is 0.497 e. The molecule has 24 heavy (non-hydrogen) atoms. The maximum absolute atomic E-state index is 6.04. The number of nitrogens with two attached hydrogens (primary N) is 1. The molecule has 122 valence electrons. The monoisotopic (exact) mass is 324 g/mol. The molecule has 3 N–H and O–H groups in total. The topological polar surface area (TPSA) is 91.5 Å². The first-order valence-corrected chi connectivity index (χ1v) is 7.51. The number of hydrogen-bond donors (Lipinski definition) is 2. The molecule has 0 unspecified atom stereocenters. The Kier molecular flexibility index (Phi) is 3.45. The Morgan fingerprint density at radius 3 is 2.62 bits per heavy atom. The SMILES string of the molecule is COc1cc(Nc2nc3ccccc3nc2N)c2c(c1)OCCO2. The molecule has 7 heteroatoms. The van der Waals surface area contributed by atoms with Crippen LogP contribution in [0.15, 0.2) is 36.4 Å². The number of rotatable bonds is 3. The Morgan fingerprint density at radius 1 is 1.08 bits per heavy atom. The van der Waals surface area contributed by atoms with Crippen LogP contribution in [0.3, 0.4) is 0 Å². The van der Waals surface area contributed by atoms with E-state index in [1.165, 1.54) is 0 Å². The number of methoxy groups -OCH3 is 1. The summed E-state index contributed by atoms with van der Waals surface area (Å²) >= 11 is 0. The van der Waals surface area contributed by atoms with Crippen molar-refractivity contribution >= 4 is 28.4 Å². The fourth-order valence-corrected chi connectivity index (χ4v) is 2.57. The lowest BCUT2D eigenvalue weighted by Crippen LogP contribution is -2.16. The number of nitrogen functional groups attached to an aromatic ring is 1. The molecule has 1 aromatic heterocycles. The van der Waals surface area contributed by atoms with Crippen molar-refractivity contribution < 1.29 is 14.2 Å². The van der Waals surface area contributed by atoms with E-state index in [4.69, 9.17) is 19.9 Å². The highest BCUT2D eigenvalue weighted by molar-refractivity contribution is 5.82. The van der Waals surface area contributed by atoms with Crippen molar-refractivity contribution in [1.82, 2.24) is 9.97 Å². The van der Waals surface area contributed by atoms with Gasteiger partial charge in [-0.15, -0.1) is 0 Å². The van der Waals surface area contributed by atoms with Crippen molar-refractivity contribution in [2.24, 2.45) is 0 Å². The predicted octanol–water partition coefficient (Wildman–Crippen LogP) is 2.74. The average molecular weight is 324 g/mol. The van der Waals surface area contributed by atoms with Crippen molar-refractivity contribution in [3.8, 4) is 17.2 Å². The normalized spacial score (nSPS) is 12.9. The Hall–Kier alpha value is -3.22. The van der Waals surface area contributed by atoms with Gasteiger partial charge in [-0.25, -0.2) is 9.97 Å². The maximum Gasteiger partial charge on any atom is 0.185 e. The Bertz CT molecular complexity index is 914. The number of anilines is 3. The Labute approximate surface area is 138 Å². The van der Waals surface area contributed by atoms with E-state index in [9.17, 15) is 0 Å². The Balaban J connectivity index is 1.79. The number of nitrogens with one attached hydrogen (secondary N) is 1. The first-order chi connectivity index (χ1) is 11.7. The molecule has 1 aliphatic rings. The van der Waals surface area contributed by atoms with Crippen LogP contribution in [0.25, 0.3) is 11.0 Å². The van der Waals surface area contributed by atoms with Crippen LogP contribution < -0.4 is 25.3 Å². The molecule has 0 saturated carbocycles. The number of hydrogen-bond acceptors (Lipinski definition) is 7. The zero-order valence-corrected chi connectivity index (χ0v) is 13.1. The minimum Gasteiger partial charge on any atom is -0.497 e. The van der Waals surface area contributed by atoms with Crippen LogP contribution in [0, 0.1) is 0 Å². The molecule has 1 aliphatic heterocycles. The van der Waals surface area contributed by atoms with E-state index in [1.807, 2.05) is 30.3 Å². The summed E-state index contributed by atoms with van der Waals surface area (Å²) in [6, 6.07) is 11.1. The molecule has 0 aliphatic carbocycles. The van der Waals surface area contributed by atoms with Gasteiger partial charge in [0.1, 0.15) is 19.0 Å². The average Bonchev–Trinajstić information content (AvgIpc) is 2.62. The van der Waals surface area contributed by atoms with Gasteiger partial charge in [-0.2, -0.15) is 0 Å². The van der Waals surface area contributed by atoms with Crippen LogP contribution in [0.2, 0.25) is 0 Å². The third-order valence-corrected chi connectivity index (χ3v) is 3.70. The molecule has 7 nitrogen and oxygen atoms in total. The quantitative estimate of drug-likeness (QED) is 0.765. The van der Waals surface area contributed by atoms with Gasteiger partial charge in [0.15, 0.2) is 23.1 Å². The van der Waals surface area contributed by atoms with Crippen LogP contribution >= 0.6 is 0 Å². The molecule has 0 saturated heterocycles. The second-order valence-corrected chi connectivity index (χ2v) is 5.27. The molecule has 0 radical (unpaired) electrons. The summed E-state index contributed by atoms with van der Waals surface area (Å²) < 4.78 is 16.7. The number of aromatic nitrogens is 2. The molecule has 0 atom stereocenters. The molecular formula is C17H16N4O3. The van der Waals surface area contributed by atoms with E-state index in [2.05, 4.69) is 15.3 Å². The van der Waals surface area contributed by atoms with Crippen molar-refractivity contribution in [2.45, 2.75) is 0 Å². The summed E-state index contributed by atoms with van der Waals surface area (Å²) in [6.45, 7) is 0.977. The minimum absolute atomic E-state index is 0.307. The lowest BCUT2D eigenvalue weighted by Gasteiger charge is -2.22. The van der Waals surface area contributed by atoms with E-state index in [0.29, 0.717) is 47.8 Å². The van der Waals surface area contributed by atoms with Crippen LogP contribution in [0.4, 0.5) is 17.3 Å². The van der Waals surface area contributed by atoms with Crippen LogP contribution in [-0.2, 0) is 0 Å². The zero-order valence-electron chi connectivity index (χ0n) is 13.1. The van der Waals surface area contributed by atoms with Crippen molar-refractivity contribution in [2.75, 3.05) is 31.4 Å². The van der Waals surface area contributed by atoms with Gasteiger partial charge in [0.2, 0.25) is 0 Å². The lowest BCUT2D eigenvalue weighted by molar-refractivity contribution is 0.172. The number of benzene rings is 2. The van der Waals surface area contributed by atoms with Crippen molar-refractivity contribution in [3.05, 3.63) is 36.4 Å². The number of ether oxygens (including phenoxy) is 3. The molecule has 0 fully saturated rings. The third-order valence-electron chi connectivity index (χ3n) is 3.70. The highest BCUT2D eigenvalue weighted by atomic mass is 16.6. The first-order valence-electron chi connectivity index (χ1n) is 7.51. The predicted molar refractivity (Wildman–Crippen MR) is 91.2 cm³/mol. The highest BCUT2D eigenvalue weighted by Crippen LogP contribution is 2.42. The summed E-state index contributed by atoms with van der Waals surface area (Å²) in [6.07, 6.45) is 0. The smallest absolute Gasteiger partial charge is 0.185 e. The third kappa shape index (κ3) is 2.50. The molecular weight excluding hydrogens is 308 g/mol. The molecule has 3 aromatic rings. The van der Waals surface area contributed by atoms with Crippen molar-refractivity contribution in [3.63, 3.8) is 0 Å². The lowest BCUT2D eigenvalue weighted by atomic mass is 10.2. The van der Waals surface area contributed by atoms with Gasteiger partial charge in [-0.1, -0.05) is 12.1 Å². The summed E-state index contributed by atoms with van der Waals surface area (Å²) in [7, 11) is 1.60. The number of para-hydroxylation sites is 2.